The molecule has 2 saturated heterocycles. The number of hydrogen-bond acceptors (Lipinski definition) is 3. The molecular formula is C8H16N2O. The Kier molecular flexibility index (Phi) is 1.87. The van der Waals surface area contributed by atoms with Crippen molar-refractivity contribution in [2.24, 2.45) is 11.1 Å². The van der Waals surface area contributed by atoms with Crippen molar-refractivity contribution in [3.8, 4) is 0 Å². The summed E-state index contributed by atoms with van der Waals surface area (Å²) in [5.74, 6) is 0. The Morgan fingerprint density at radius 2 is 2.55 bits per heavy atom. The van der Waals surface area contributed by atoms with Crippen LogP contribution in [0.15, 0.2) is 0 Å². The lowest BCUT2D eigenvalue weighted by Gasteiger charge is -2.18. The minimum absolute atomic E-state index is 0.329. The van der Waals surface area contributed by atoms with Crippen molar-refractivity contribution in [1.29, 1.82) is 0 Å². The van der Waals surface area contributed by atoms with Crippen molar-refractivity contribution in [3.05, 3.63) is 0 Å². The van der Waals surface area contributed by atoms with Crippen LogP contribution in [0.3, 0.4) is 0 Å². The number of nitrogens with two attached hydrogens (primary N) is 1. The third-order valence-corrected chi connectivity index (χ3v) is 2.88. The highest BCUT2D eigenvalue weighted by Crippen LogP contribution is 2.37. The molecule has 0 aromatic rings. The second-order valence-corrected chi connectivity index (χ2v) is 3.80. The lowest BCUT2D eigenvalue weighted by molar-refractivity contribution is 0.103. The van der Waals surface area contributed by atoms with Gasteiger partial charge in [-0.05, 0) is 19.4 Å². The molecule has 3 N–H and O–H groups in total. The molecule has 0 aromatic heterocycles. The van der Waals surface area contributed by atoms with E-state index in [2.05, 4.69) is 5.32 Å². The van der Waals surface area contributed by atoms with Crippen molar-refractivity contribution in [2.45, 2.75) is 18.9 Å². The normalized spacial score (nSPS) is 43.9. The zero-order chi connectivity index (χ0) is 7.73. The Morgan fingerprint density at radius 3 is 3.09 bits per heavy atom. The first kappa shape index (κ1) is 7.53. The molecule has 0 aromatic carbocycles. The fourth-order valence-corrected chi connectivity index (χ4v) is 2.14. The highest BCUT2D eigenvalue weighted by molar-refractivity contribution is 4.94. The molecular weight excluding hydrogens is 140 g/mol. The molecule has 64 valence electrons. The molecule has 0 saturated carbocycles. The number of nitrogens with one attached hydrogen (secondary N) is 1. The molecule has 2 aliphatic rings. The van der Waals surface area contributed by atoms with E-state index in [1.807, 2.05) is 0 Å². The first-order valence-corrected chi connectivity index (χ1v) is 4.37. The Balaban J connectivity index is 1.96. The number of ether oxygens (including phenoxy) is 1. The molecule has 0 radical (unpaired) electrons. The van der Waals surface area contributed by atoms with Crippen LogP contribution >= 0.6 is 0 Å². The highest BCUT2D eigenvalue weighted by Gasteiger charge is 2.41. The summed E-state index contributed by atoms with van der Waals surface area (Å²) in [6.45, 7) is 3.88. The fraction of sp³-hybridized carbons (Fsp3) is 1.00. The van der Waals surface area contributed by atoms with Gasteiger partial charge >= 0.3 is 0 Å². The van der Waals surface area contributed by atoms with E-state index >= 15 is 0 Å². The standard InChI is InChI=1S/C8H16N2O/c9-4-7-3-8(6-11-7)1-2-10-5-8/h7,10H,1-6,9H2. The van der Waals surface area contributed by atoms with Crippen molar-refractivity contribution in [3.63, 3.8) is 0 Å². The second-order valence-electron chi connectivity index (χ2n) is 3.80. The maximum atomic E-state index is 5.57. The van der Waals surface area contributed by atoms with Crippen LogP contribution < -0.4 is 11.1 Å². The van der Waals surface area contributed by atoms with Crippen LogP contribution in [0.25, 0.3) is 0 Å². The molecule has 2 rings (SSSR count). The summed E-state index contributed by atoms with van der Waals surface area (Å²) in [6, 6.07) is 0. The van der Waals surface area contributed by atoms with Crippen LogP contribution in [-0.2, 0) is 4.74 Å². The second kappa shape index (κ2) is 2.73. The first-order chi connectivity index (χ1) is 5.35. The van der Waals surface area contributed by atoms with Crippen molar-refractivity contribution in [1.82, 2.24) is 5.32 Å². The van der Waals surface area contributed by atoms with Crippen molar-refractivity contribution in [2.75, 3.05) is 26.2 Å². The van der Waals surface area contributed by atoms with Crippen molar-refractivity contribution >= 4 is 0 Å². The zero-order valence-electron chi connectivity index (χ0n) is 6.81. The summed E-state index contributed by atoms with van der Waals surface area (Å²) in [4.78, 5) is 0. The van der Waals surface area contributed by atoms with E-state index in [-0.39, 0.29) is 0 Å². The van der Waals surface area contributed by atoms with E-state index in [0.29, 0.717) is 18.1 Å². The van der Waals surface area contributed by atoms with Crippen LogP contribution in [0.1, 0.15) is 12.8 Å². The monoisotopic (exact) mass is 156 g/mol. The summed E-state index contributed by atoms with van der Waals surface area (Å²) < 4.78 is 5.57. The van der Waals surface area contributed by atoms with Crippen LogP contribution in [0.2, 0.25) is 0 Å². The van der Waals surface area contributed by atoms with Crippen LogP contribution in [0.5, 0.6) is 0 Å². The largest absolute Gasteiger partial charge is 0.376 e. The Labute approximate surface area is 67.3 Å². The first-order valence-electron chi connectivity index (χ1n) is 4.37. The van der Waals surface area contributed by atoms with Gasteiger partial charge in [0.05, 0.1) is 12.7 Å². The minimum Gasteiger partial charge on any atom is -0.376 e. The third-order valence-electron chi connectivity index (χ3n) is 2.88. The van der Waals surface area contributed by atoms with Gasteiger partial charge in [0.2, 0.25) is 0 Å². The molecule has 0 aliphatic carbocycles. The fourth-order valence-electron chi connectivity index (χ4n) is 2.14. The molecule has 0 bridgehead atoms. The minimum atomic E-state index is 0.329. The van der Waals surface area contributed by atoms with Crippen LogP contribution in [0, 0.1) is 5.41 Å². The van der Waals surface area contributed by atoms with Gasteiger partial charge in [0.1, 0.15) is 0 Å². The lowest BCUT2D eigenvalue weighted by Crippen LogP contribution is -2.25. The quantitative estimate of drug-likeness (QED) is 0.548. The van der Waals surface area contributed by atoms with E-state index in [1.165, 1.54) is 6.42 Å². The molecule has 11 heavy (non-hydrogen) atoms. The maximum absolute atomic E-state index is 5.57. The maximum Gasteiger partial charge on any atom is 0.0704 e. The molecule has 3 heteroatoms. The highest BCUT2D eigenvalue weighted by atomic mass is 16.5. The third kappa shape index (κ3) is 1.28. The predicted molar refractivity (Wildman–Crippen MR) is 43.3 cm³/mol. The van der Waals surface area contributed by atoms with Gasteiger partial charge in [0.25, 0.3) is 0 Å². The average Bonchev–Trinajstić information content (AvgIpc) is 2.62. The number of hydrogen-bond donors (Lipinski definition) is 2. The smallest absolute Gasteiger partial charge is 0.0704 e. The topological polar surface area (TPSA) is 47.3 Å². The summed E-state index contributed by atoms with van der Waals surface area (Å²) in [5, 5.41) is 3.38. The Bertz CT molecular complexity index is 143. The van der Waals surface area contributed by atoms with Gasteiger partial charge in [-0.25, -0.2) is 0 Å². The van der Waals surface area contributed by atoms with Crippen molar-refractivity contribution < 1.29 is 4.74 Å². The Morgan fingerprint density at radius 1 is 1.64 bits per heavy atom. The van der Waals surface area contributed by atoms with Gasteiger partial charge in [-0.15, -0.1) is 0 Å². The molecule has 2 fully saturated rings. The predicted octanol–water partition coefficient (Wildman–Crippen LogP) is -0.286. The van der Waals surface area contributed by atoms with Gasteiger partial charge in [-0.3, -0.25) is 0 Å². The van der Waals surface area contributed by atoms with Gasteiger partial charge in [-0.1, -0.05) is 0 Å². The lowest BCUT2D eigenvalue weighted by atomic mass is 9.85. The van der Waals surface area contributed by atoms with Crippen LogP contribution in [0.4, 0.5) is 0 Å². The van der Waals surface area contributed by atoms with Gasteiger partial charge < -0.3 is 15.8 Å². The molecule has 2 heterocycles. The molecule has 2 unspecified atom stereocenters. The van der Waals surface area contributed by atoms with Crippen LogP contribution in [-0.4, -0.2) is 32.3 Å². The molecule has 1 spiro atoms. The molecule has 2 aliphatic heterocycles. The molecule has 3 nitrogen and oxygen atoms in total. The SMILES string of the molecule is NCC1CC2(CCNC2)CO1. The van der Waals surface area contributed by atoms with Gasteiger partial charge in [-0.2, -0.15) is 0 Å². The zero-order valence-corrected chi connectivity index (χ0v) is 6.81. The number of rotatable bonds is 1. The summed E-state index contributed by atoms with van der Waals surface area (Å²) in [7, 11) is 0. The van der Waals surface area contributed by atoms with Gasteiger partial charge in [0.15, 0.2) is 0 Å². The van der Waals surface area contributed by atoms with E-state index in [0.717, 1.165) is 26.1 Å². The van der Waals surface area contributed by atoms with E-state index in [9.17, 15) is 0 Å². The van der Waals surface area contributed by atoms with E-state index < -0.39 is 0 Å². The summed E-state index contributed by atoms with van der Waals surface area (Å²) in [6.07, 6.45) is 2.76. The van der Waals surface area contributed by atoms with Gasteiger partial charge in [0, 0.05) is 18.5 Å². The Hall–Kier alpha value is -0.120. The average molecular weight is 156 g/mol. The van der Waals surface area contributed by atoms with E-state index in [1.54, 1.807) is 0 Å². The van der Waals surface area contributed by atoms with E-state index in [4.69, 9.17) is 10.5 Å². The summed E-state index contributed by atoms with van der Waals surface area (Å²) >= 11 is 0. The molecule has 0 amide bonds. The summed E-state index contributed by atoms with van der Waals surface area (Å²) in [5.41, 5.74) is 5.99. The molecule has 2 atom stereocenters.